The molecule has 0 aliphatic carbocycles. The summed E-state index contributed by atoms with van der Waals surface area (Å²) in [5, 5.41) is 3.85. The molecule has 1 fully saturated rings. The topological polar surface area (TPSA) is 77.0 Å². The van der Waals surface area contributed by atoms with Gasteiger partial charge in [0.05, 0.1) is 17.2 Å². The van der Waals surface area contributed by atoms with E-state index >= 15 is 0 Å². The number of thioether (sulfide) groups is 1. The van der Waals surface area contributed by atoms with E-state index in [2.05, 4.69) is 10.3 Å². The number of ether oxygens (including phenoxy) is 2. The lowest BCUT2D eigenvalue weighted by Gasteiger charge is -2.05. The summed E-state index contributed by atoms with van der Waals surface area (Å²) in [5.74, 6) is -0.0852. The standard InChI is InChI=1S/C21H19ClN2O4S/c1-3-27-19(25)12-28-16-8-5-14(6-9-16)10-18-20(26)24-21(29-18)23-17-11-15(22)7-4-13(17)2/h4-11H,3,12H2,1-2H3,(H,23,24,26)/b18-10-. The summed E-state index contributed by atoms with van der Waals surface area (Å²) in [6, 6.07) is 12.5. The maximum atomic E-state index is 12.3. The Morgan fingerprint density at radius 1 is 1.24 bits per heavy atom. The second-order valence-corrected chi connectivity index (χ2v) is 7.54. The third kappa shape index (κ3) is 5.85. The Hall–Kier alpha value is -2.77. The Morgan fingerprint density at radius 2 is 2.00 bits per heavy atom. The quantitative estimate of drug-likeness (QED) is 0.540. The molecule has 1 heterocycles. The van der Waals surface area contributed by atoms with E-state index in [-0.39, 0.29) is 12.5 Å². The zero-order valence-corrected chi connectivity index (χ0v) is 17.5. The molecular weight excluding hydrogens is 412 g/mol. The van der Waals surface area contributed by atoms with Crippen LogP contribution in [-0.2, 0) is 14.3 Å². The van der Waals surface area contributed by atoms with Gasteiger partial charge in [0.25, 0.3) is 5.91 Å². The van der Waals surface area contributed by atoms with Crippen molar-refractivity contribution in [3.63, 3.8) is 0 Å². The number of benzene rings is 2. The van der Waals surface area contributed by atoms with Gasteiger partial charge in [-0.3, -0.25) is 4.79 Å². The van der Waals surface area contributed by atoms with Gasteiger partial charge in [0.1, 0.15) is 5.75 Å². The number of nitrogens with one attached hydrogen (secondary N) is 1. The Bertz CT molecular complexity index is 987. The number of nitrogens with zero attached hydrogens (tertiary/aromatic N) is 1. The number of amidine groups is 1. The van der Waals surface area contributed by atoms with E-state index in [1.54, 1.807) is 49.4 Å². The van der Waals surface area contributed by atoms with Crippen molar-refractivity contribution in [2.24, 2.45) is 4.99 Å². The molecule has 0 atom stereocenters. The van der Waals surface area contributed by atoms with Crippen LogP contribution in [0.5, 0.6) is 5.75 Å². The minimum Gasteiger partial charge on any atom is -0.482 e. The predicted molar refractivity (Wildman–Crippen MR) is 116 cm³/mol. The molecule has 1 amide bonds. The molecule has 0 spiro atoms. The van der Waals surface area contributed by atoms with Crippen molar-refractivity contribution in [1.82, 2.24) is 5.32 Å². The minimum atomic E-state index is -0.417. The van der Waals surface area contributed by atoms with Crippen LogP contribution >= 0.6 is 23.4 Å². The smallest absolute Gasteiger partial charge is 0.344 e. The van der Waals surface area contributed by atoms with Gasteiger partial charge >= 0.3 is 5.97 Å². The van der Waals surface area contributed by atoms with E-state index in [4.69, 9.17) is 21.1 Å². The molecule has 6 nitrogen and oxygen atoms in total. The number of carbonyl (C=O) groups is 2. The zero-order chi connectivity index (χ0) is 20.8. The van der Waals surface area contributed by atoms with Crippen LogP contribution in [0.15, 0.2) is 52.4 Å². The van der Waals surface area contributed by atoms with Crippen molar-refractivity contribution in [2.75, 3.05) is 13.2 Å². The average Bonchev–Trinajstić information content (AvgIpc) is 3.03. The summed E-state index contributed by atoms with van der Waals surface area (Å²) >= 11 is 7.29. The number of halogens is 1. The van der Waals surface area contributed by atoms with Crippen molar-refractivity contribution in [1.29, 1.82) is 0 Å². The van der Waals surface area contributed by atoms with Gasteiger partial charge in [-0.15, -0.1) is 0 Å². The van der Waals surface area contributed by atoms with E-state index < -0.39 is 5.97 Å². The van der Waals surface area contributed by atoms with Crippen molar-refractivity contribution < 1.29 is 19.1 Å². The molecular formula is C21H19ClN2O4S. The summed E-state index contributed by atoms with van der Waals surface area (Å²) in [5.41, 5.74) is 2.50. The van der Waals surface area contributed by atoms with Crippen LogP contribution < -0.4 is 10.1 Å². The average molecular weight is 431 g/mol. The van der Waals surface area contributed by atoms with Gasteiger partial charge in [-0.2, -0.15) is 0 Å². The van der Waals surface area contributed by atoms with Gasteiger partial charge in [-0.1, -0.05) is 29.8 Å². The van der Waals surface area contributed by atoms with Crippen LogP contribution in [-0.4, -0.2) is 30.3 Å². The summed E-state index contributed by atoms with van der Waals surface area (Å²) < 4.78 is 10.2. The number of aliphatic imine (C=N–C) groups is 1. The molecule has 3 rings (SSSR count). The molecule has 1 N–H and O–H groups in total. The second kappa shape index (κ2) is 9.62. The lowest BCUT2D eigenvalue weighted by Crippen LogP contribution is -2.19. The lowest BCUT2D eigenvalue weighted by atomic mass is 10.2. The first-order valence-corrected chi connectivity index (χ1v) is 10.1. The molecule has 29 heavy (non-hydrogen) atoms. The van der Waals surface area contributed by atoms with Crippen molar-refractivity contribution >= 4 is 52.2 Å². The van der Waals surface area contributed by atoms with Crippen LogP contribution in [0, 0.1) is 6.92 Å². The Balaban J connectivity index is 1.67. The first-order valence-electron chi connectivity index (χ1n) is 8.89. The molecule has 1 aliphatic rings. The van der Waals surface area contributed by atoms with Crippen molar-refractivity contribution in [3.05, 3.63) is 63.5 Å². The Labute approximate surface area is 177 Å². The highest BCUT2D eigenvalue weighted by Gasteiger charge is 2.24. The lowest BCUT2D eigenvalue weighted by molar-refractivity contribution is -0.145. The Kier molecular flexibility index (Phi) is 6.95. The SMILES string of the molecule is CCOC(=O)COc1ccc(/C=C2\SC(=Nc3cc(Cl)ccc3C)NC2=O)cc1. The number of rotatable bonds is 6. The van der Waals surface area contributed by atoms with Crippen molar-refractivity contribution in [3.8, 4) is 5.75 Å². The van der Waals surface area contributed by atoms with Gasteiger partial charge in [0.2, 0.25) is 0 Å². The number of esters is 1. The summed E-state index contributed by atoms with van der Waals surface area (Å²) in [6.07, 6.45) is 1.77. The first-order chi connectivity index (χ1) is 13.9. The third-order valence-corrected chi connectivity index (χ3v) is 5.03. The maximum Gasteiger partial charge on any atom is 0.344 e. The van der Waals surface area contributed by atoms with E-state index in [1.165, 1.54) is 11.8 Å². The normalized spacial score (nSPS) is 16.2. The number of amides is 1. The molecule has 2 aromatic carbocycles. The van der Waals surface area contributed by atoms with Crippen LogP contribution in [0.25, 0.3) is 6.08 Å². The van der Waals surface area contributed by atoms with Gasteiger partial charge in [-0.05, 0) is 67.1 Å². The highest BCUT2D eigenvalue weighted by atomic mass is 35.5. The van der Waals surface area contributed by atoms with Gasteiger partial charge < -0.3 is 14.8 Å². The van der Waals surface area contributed by atoms with Gasteiger partial charge in [0.15, 0.2) is 11.8 Å². The van der Waals surface area contributed by atoms with E-state index in [1.807, 2.05) is 13.0 Å². The van der Waals surface area contributed by atoms with Gasteiger partial charge in [-0.25, -0.2) is 9.79 Å². The fourth-order valence-corrected chi connectivity index (χ4v) is 3.45. The van der Waals surface area contributed by atoms with Crippen LogP contribution in [0.1, 0.15) is 18.1 Å². The maximum absolute atomic E-state index is 12.3. The molecule has 2 aromatic rings. The molecule has 0 unspecified atom stereocenters. The summed E-state index contributed by atoms with van der Waals surface area (Å²) in [4.78, 5) is 28.6. The van der Waals surface area contributed by atoms with Crippen molar-refractivity contribution in [2.45, 2.75) is 13.8 Å². The molecule has 0 radical (unpaired) electrons. The van der Waals surface area contributed by atoms with Gasteiger partial charge in [0, 0.05) is 5.02 Å². The molecule has 0 saturated carbocycles. The van der Waals surface area contributed by atoms with E-state index in [9.17, 15) is 9.59 Å². The fourth-order valence-electron chi connectivity index (χ4n) is 2.45. The van der Waals surface area contributed by atoms with Crippen LogP contribution in [0.3, 0.4) is 0 Å². The number of carbonyl (C=O) groups excluding carboxylic acids is 2. The number of hydrogen-bond acceptors (Lipinski definition) is 6. The molecule has 150 valence electrons. The molecule has 0 bridgehead atoms. The summed E-state index contributed by atoms with van der Waals surface area (Å²) in [6.45, 7) is 3.84. The highest BCUT2D eigenvalue weighted by Crippen LogP contribution is 2.30. The predicted octanol–water partition coefficient (Wildman–Crippen LogP) is 4.48. The fraction of sp³-hybridized carbons (Fsp3) is 0.190. The summed E-state index contributed by atoms with van der Waals surface area (Å²) in [7, 11) is 0. The van der Waals surface area contributed by atoms with Crippen LogP contribution in [0.2, 0.25) is 5.02 Å². The monoisotopic (exact) mass is 430 g/mol. The highest BCUT2D eigenvalue weighted by molar-refractivity contribution is 8.18. The number of aryl methyl sites for hydroxylation is 1. The third-order valence-electron chi connectivity index (χ3n) is 3.88. The molecule has 0 aromatic heterocycles. The molecule has 8 heteroatoms. The first kappa shape index (κ1) is 21.0. The van der Waals surface area contributed by atoms with E-state index in [0.717, 1.165) is 11.1 Å². The molecule has 1 saturated heterocycles. The Morgan fingerprint density at radius 3 is 2.72 bits per heavy atom. The van der Waals surface area contributed by atoms with Crippen LogP contribution in [0.4, 0.5) is 5.69 Å². The largest absolute Gasteiger partial charge is 0.482 e. The minimum absolute atomic E-state index is 0.144. The number of hydrogen-bond donors (Lipinski definition) is 1. The zero-order valence-electron chi connectivity index (χ0n) is 15.9. The molecule has 1 aliphatic heterocycles. The second-order valence-electron chi connectivity index (χ2n) is 6.08. The van der Waals surface area contributed by atoms with E-state index in [0.29, 0.717) is 33.1 Å².